The number of nitrogens with zero attached hydrogens (tertiary/aromatic N) is 1. The molecule has 0 aliphatic carbocycles. The lowest BCUT2D eigenvalue weighted by molar-refractivity contribution is -0.116. The second-order valence-electron chi connectivity index (χ2n) is 6.34. The molecule has 0 atom stereocenters. The van der Waals surface area contributed by atoms with Crippen LogP contribution in [-0.2, 0) is 11.3 Å². The molecule has 3 aromatic rings. The number of amides is 1. The second kappa shape index (κ2) is 9.72. The van der Waals surface area contributed by atoms with Crippen LogP contribution in [0.2, 0.25) is 5.02 Å². The quantitative estimate of drug-likeness (QED) is 0.479. The highest BCUT2D eigenvalue weighted by Gasteiger charge is 2.00. The molecule has 1 amide bonds. The zero-order valence-electron chi connectivity index (χ0n) is 15.3. The van der Waals surface area contributed by atoms with E-state index in [0.29, 0.717) is 24.5 Å². The first-order chi connectivity index (χ1) is 13.6. The molecule has 3 rings (SSSR count). The Bertz CT molecular complexity index is 1010. The smallest absolute Gasteiger partial charge is 0.250 e. The van der Waals surface area contributed by atoms with E-state index < -0.39 is 0 Å². The molecule has 28 heavy (non-hydrogen) atoms. The Kier molecular flexibility index (Phi) is 6.82. The molecule has 1 aromatic heterocycles. The molecule has 0 saturated carbocycles. The van der Waals surface area contributed by atoms with Crippen LogP contribution in [0.1, 0.15) is 12.0 Å². The van der Waals surface area contributed by atoms with Gasteiger partial charge in [-0.1, -0.05) is 66.2 Å². The Morgan fingerprint density at radius 1 is 0.964 bits per heavy atom. The van der Waals surface area contributed by atoms with Gasteiger partial charge in [-0.15, -0.1) is 0 Å². The van der Waals surface area contributed by atoms with Crippen LogP contribution < -0.4 is 10.9 Å². The maximum Gasteiger partial charge on any atom is 0.250 e. The third-order valence-corrected chi connectivity index (χ3v) is 4.49. The lowest BCUT2D eigenvalue weighted by Crippen LogP contribution is -2.25. The normalized spacial score (nSPS) is 10.9. The van der Waals surface area contributed by atoms with Crippen LogP contribution in [0, 0.1) is 0 Å². The van der Waals surface area contributed by atoms with Gasteiger partial charge in [0, 0.05) is 31.4 Å². The summed E-state index contributed by atoms with van der Waals surface area (Å²) in [6.45, 7) is 0.986. The van der Waals surface area contributed by atoms with Crippen molar-refractivity contribution in [2.75, 3.05) is 6.54 Å². The first-order valence-corrected chi connectivity index (χ1v) is 9.47. The topological polar surface area (TPSA) is 51.1 Å². The molecule has 1 N–H and O–H groups in total. The molecular formula is C23H21ClN2O2. The van der Waals surface area contributed by atoms with Crippen molar-refractivity contribution in [1.82, 2.24) is 9.88 Å². The number of pyridine rings is 1. The molecule has 4 nitrogen and oxygen atoms in total. The summed E-state index contributed by atoms with van der Waals surface area (Å²) in [5.41, 5.74) is 3.16. The average Bonchev–Trinajstić information content (AvgIpc) is 2.73. The van der Waals surface area contributed by atoms with Gasteiger partial charge >= 0.3 is 0 Å². The third-order valence-electron chi connectivity index (χ3n) is 4.27. The fourth-order valence-corrected chi connectivity index (χ4v) is 2.97. The first kappa shape index (κ1) is 19.6. The summed E-state index contributed by atoms with van der Waals surface area (Å²) in [4.78, 5) is 23.6. The number of carbonyl (C=O) groups excluding carboxylic acids is 1. The van der Waals surface area contributed by atoms with E-state index in [-0.39, 0.29) is 11.5 Å². The van der Waals surface area contributed by atoms with Crippen LogP contribution in [0.3, 0.4) is 0 Å². The number of nitrogens with one attached hydrogen (secondary N) is 1. The Morgan fingerprint density at radius 2 is 1.68 bits per heavy atom. The van der Waals surface area contributed by atoms with Gasteiger partial charge in [0.05, 0.1) is 5.02 Å². The number of rotatable bonds is 7. The minimum absolute atomic E-state index is 0.102. The van der Waals surface area contributed by atoms with Crippen LogP contribution in [0.15, 0.2) is 83.8 Å². The van der Waals surface area contributed by atoms with Crippen molar-refractivity contribution in [3.05, 3.63) is 99.9 Å². The number of aromatic nitrogens is 1. The van der Waals surface area contributed by atoms with E-state index in [2.05, 4.69) is 17.4 Å². The Labute approximate surface area is 169 Å². The van der Waals surface area contributed by atoms with E-state index in [1.165, 1.54) is 12.1 Å². The number of benzene rings is 2. The molecule has 0 aliphatic heterocycles. The van der Waals surface area contributed by atoms with Crippen LogP contribution >= 0.6 is 11.6 Å². The fourth-order valence-electron chi connectivity index (χ4n) is 2.79. The van der Waals surface area contributed by atoms with Crippen molar-refractivity contribution >= 4 is 23.6 Å². The predicted molar refractivity (Wildman–Crippen MR) is 114 cm³/mol. The van der Waals surface area contributed by atoms with E-state index >= 15 is 0 Å². The minimum Gasteiger partial charge on any atom is -0.352 e. The number of hydrogen-bond donors (Lipinski definition) is 1. The van der Waals surface area contributed by atoms with Gasteiger partial charge in [0.15, 0.2) is 0 Å². The fraction of sp³-hybridized carbons (Fsp3) is 0.130. The second-order valence-corrected chi connectivity index (χ2v) is 6.78. The highest BCUT2D eigenvalue weighted by molar-refractivity contribution is 6.30. The van der Waals surface area contributed by atoms with Crippen molar-refractivity contribution in [2.24, 2.45) is 0 Å². The molecular weight excluding hydrogens is 372 g/mol. The molecule has 0 unspecified atom stereocenters. The molecule has 0 bridgehead atoms. The van der Waals surface area contributed by atoms with Gasteiger partial charge in [0.25, 0.3) is 5.56 Å². The highest BCUT2D eigenvalue weighted by atomic mass is 35.5. The summed E-state index contributed by atoms with van der Waals surface area (Å²) in [5, 5.41) is 3.34. The molecule has 0 spiro atoms. The van der Waals surface area contributed by atoms with Crippen LogP contribution in [0.4, 0.5) is 0 Å². The van der Waals surface area contributed by atoms with Gasteiger partial charge in [-0.25, -0.2) is 0 Å². The van der Waals surface area contributed by atoms with Crippen molar-refractivity contribution in [1.29, 1.82) is 0 Å². The molecule has 1 heterocycles. The Hall–Kier alpha value is -3.11. The lowest BCUT2D eigenvalue weighted by Gasteiger charge is -2.06. The van der Waals surface area contributed by atoms with E-state index in [9.17, 15) is 9.59 Å². The monoisotopic (exact) mass is 392 g/mol. The van der Waals surface area contributed by atoms with Gasteiger partial charge in [0.2, 0.25) is 5.91 Å². The molecule has 2 aromatic carbocycles. The molecule has 0 saturated heterocycles. The minimum atomic E-state index is -0.162. The van der Waals surface area contributed by atoms with Gasteiger partial charge in [-0.2, -0.15) is 0 Å². The van der Waals surface area contributed by atoms with E-state index in [4.69, 9.17) is 11.6 Å². The Morgan fingerprint density at radius 3 is 2.43 bits per heavy atom. The summed E-state index contributed by atoms with van der Waals surface area (Å²) in [5.74, 6) is -0.162. The molecule has 142 valence electrons. The zero-order chi connectivity index (χ0) is 19.8. The molecule has 5 heteroatoms. The number of carbonyl (C=O) groups is 1. The summed E-state index contributed by atoms with van der Waals surface area (Å²) in [6, 6.07) is 21.2. The SMILES string of the molecule is O=C(/C=C/c1ccc(-c2ccccc2)cc1)NCCCn1cc(Cl)ccc1=O. The van der Waals surface area contributed by atoms with E-state index in [1.54, 1.807) is 22.9 Å². The van der Waals surface area contributed by atoms with Crippen LogP contribution in [0.5, 0.6) is 0 Å². The molecule has 0 aliphatic rings. The number of halogens is 1. The number of hydrogen-bond acceptors (Lipinski definition) is 2. The standard InChI is InChI=1S/C23H21ClN2O2/c24-21-12-14-23(28)26(17-21)16-4-15-25-22(27)13-9-18-7-10-20(11-8-18)19-5-2-1-3-6-19/h1-3,5-14,17H,4,15-16H2,(H,25,27)/b13-9+. The first-order valence-electron chi connectivity index (χ1n) is 9.09. The maximum absolute atomic E-state index is 11.9. The van der Waals surface area contributed by atoms with Crippen molar-refractivity contribution < 1.29 is 4.79 Å². The van der Waals surface area contributed by atoms with Crippen LogP contribution in [0.25, 0.3) is 17.2 Å². The van der Waals surface area contributed by atoms with Gasteiger partial charge in [0.1, 0.15) is 0 Å². The van der Waals surface area contributed by atoms with Gasteiger partial charge < -0.3 is 9.88 Å². The molecule has 0 fully saturated rings. The molecule has 0 radical (unpaired) electrons. The zero-order valence-corrected chi connectivity index (χ0v) is 16.1. The van der Waals surface area contributed by atoms with Crippen molar-refractivity contribution in [2.45, 2.75) is 13.0 Å². The van der Waals surface area contributed by atoms with Gasteiger partial charge in [-0.3, -0.25) is 9.59 Å². The van der Waals surface area contributed by atoms with E-state index in [1.807, 2.05) is 42.5 Å². The van der Waals surface area contributed by atoms with Crippen molar-refractivity contribution in [3.63, 3.8) is 0 Å². The number of aryl methyl sites for hydroxylation is 1. The Balaban J connectivity index is 1.46. The summed E-state index contributed by atoms with van der Waals surface area (Å²) < 4.78 is 1.54. The van der Waals surface area contributed by atoms with Gasteiger partial charge in [-0.05, 0) is 35.3 Å². The largest absolute Gasteiger partial charge is 0.352 e. The lowest BCUT2D eigenvalue weighted by atomic mass is 10.0. The summed E-state index contributed by atoms with van der Waals surface area (Å²) in [7, 11) is 0. The maximum atomic E-state index is 11.9. The van der Waals surface area contributed by atoms with Crippen LogP contribution in [-0.4, -0.2) is 17.0 Å². The average molecular weight is 393 g/mol. The summed E-state index contributed by atoms with van der Waals surface area (Å²) in [6.07, 6.45) is 5.55. The third kappa shape index (κ3) is 5.69. The summed E-state index contributed by atoms with van der Waals surface area (Å²) >= 11 is 5.89. The predicted octanol–water partition coefficient (Wildman–Crippen LogP) is 4.39. The van der Waals surface area contributed by atoms with E-state index in [0.717, 1.165) is 16.7 Å². The van der Waals surface area contributed by atoms with Crippen molar-refractivity contribution in [3.8, 4) is 11.1 Å². The highest BCUT2D eigenvalue weighted by Crippen LogP contribution is 2.19.